The molecule has 8 nitrogen and oxygen atoms in total. The molecule has 12 heteroatoms. The number of nitrogens with zero attached hydrogens (tertiary/aromatic N) is 3. The molecule has 0 saturated carbocycles. The van der Waals surface area contributed by atoms with Crippen LogP contribution in [0.2, 0.25) is 0 Å². The van der Waals surface area contributed by atoms with Gasteiger partial charge in [0.1, 0.15) is 17.3 Å². The first-order valence-electron chi connectivity index (χ1n) is 11.6. The molecule has 3 aromatic rings. The van der Waals surface area contributed by atoms with E-state index < -0.39 is 35.6 Å². The molecule has 0 saturated heterocycles. The maximum Gasteiger partial charge on any atom is 0.419 e. The van der Waals surface area contributed by atoms with Crippen molar-refractivity contribution in [1.82, 2.24) is 25.2 Å². The quantitative estimate of drug-likeness (QED) is 0.453. The van der Waals surface area contributed by atoms with Crippen molar-refractivity contribution >= 4 is 11.8 Å². The number of fused-ring (bicyclic) bond motifs is 1. The minimum atomic E-state index is -4.57. The van der Waals surface area contributed by atoms with Gasteiger partial charge in [-0.05, 0) is 37.1 Å². The average molecular weight is 519 g/mol. The van der Waals surface area contributed by atoms with Gasteiger partial charge in [0.05, 0.1) is 42.1 Å². The highest BCUT2D eigenvalue weighted by atomic mass is 19.4. The third-order valence-corrected chi connectivity index (χ3v) is 6.13. The van der Waals surface area contributed by atoms with Crippen LogP contribution in [-0.2, 0) is 24.1 Å². The zero-order chi connectivity index (χ0) is 26.7. The van der Waals surface area contributed by atoms with E-state index in [4.69, 9.17) is 4.74 Å². The molecule has 1 aliphatic heterocycles. The van der Waals surface area contributed by atoms with Crippen LogP contribution in [0.1, 0.15) is 75.8 Å². The molecule has 37 heavy (non-hydrogen) atoms. The number of hydrogen-bond donors (Lipinski definition) is 2. The first kappa shape index (κ1) is 26.3. The van der Waals surface area contributed by atoms with Gasteiger partial charge < -0.3 is 19.9 Å². The second-order valence-corrected chi connectivity index (χ2v) is 8.60. The SMILES string of the molecule is CC[C@@H](NC(=O)c1cc(C(=O)N[C@H](C)c2ccc(F)cc2)n2c1COCC2)c1ncc(C(F)(F)F)cn1. The lowest BCUT2D eigenvalue weighted by atomic mass is 10.1. The van der Waals surface area contributed by atoms with Crippen molar-refractivity contribution in [3.63, 3.8) is 0 Å². The molecule has 1 aromatic carbocycles. The Morgan fingerprint density at radius 2 is 1.78 bits per heavy atom. The van der Waals surface area contributed by atoms with Gasteiger partial charge >= 0.3 is 6.18 Å². The molecule has 4 rings (SSSR count). The van der Waals surface area contributed by atoms with Gasteiger partial charge in [0, 0.05) is 18.9 Å². The normalized spacial score (nSPS) is 15.0. The molecular formula is C25H25F4N5O3. The number of aromatic nitrogens is 3. The largest absolute Gasteiger partial charge is 0.419 e. The molecule has 3 heterocycles. The van der Waals surface area contributed by atoms with E-state index in [9.17, 15) is 27.2 Å². The third-order valence-electron chi connectivity index (χ3n) is 6.13. The monoisotopic (exact) mass is 519 g/mol. The number of rotatable bonds is 7. The molecular weight excluding hydrogens is 494 g/mol. The molecule has 2 atom stereocenters. The highest BCUT2D eigenvalue weighted by molar-refractivity contribution is 6.01. The molecule has 2 N–H and O–H groups in total. The first-order chi connectivity index (χ1) is 17.6. The summed E-state index contributed by atoms with van der Waals surface area (Å²) in [6.45, 7) is 4.32. The first-order valence-corrected chi connectivity index (χ1v) is 11.6. The number of ether oxygens (including phenoxy) is 1. The zero-order valence-electron chi connectivity index (χ0n) is 20.1. The Bertz CT molecular complexity index is 1270. The van der Waals surface area contributed by atoms with E-state index in [-0.39, 0.29) is 29.5 Å². The highest BCUT2D eigenvalue weighted by Gasteiger charge is 2.32. The second kappa shape index (κ2) is 10.7. The fourth-order valence-electron chi connectivity index (χ4n) is 4.06. The Hall–Kier alpha value is -3.80. The van der Waals surface area contributed by atoms with Crippen LogP contribution in [0.3, 0.4) is 0 Å². The predicted octanol–water partition coefficient (Wildman–Crippen LogP) is 4.34. The van der Waals surface area contributed by atoms with Gasteiger partial charge in [-0.25, -0.2) is 14.4 Å². The molecule has 2 amide bonds. The number of carbonyl (C=O) groups excluding carboxylic acids is 2. The number of halogens is 4. The fraction of sp³-hybridized carbons (Fsp3) is 0.360. The molecule has 196 valence electrons. The van der Waals surface area contributed by atoms with Crippen molar-refractivity contribution in [3.05, 3.63) is 82.4 Å². The Morgan fingerprint density at radius 3 is 2.41 bits per heavy atom. The van der Waals surface area contributed by atoms with Crippen LogP contribution in [-0.4, -0.2) is 33.0 Å². The van der Waals surface area contributed by atoms with Crippen LogP contribution < -0.4 is 10.6 Å². The maximum absolute atomic E-state index is 13.2. The second-order valence-electron chi connectivity index (χ2n) is 8.60. The third kappa shape index (κ3) is 5.79. The number of alkyl halides is 3. The van der Waals surface area contributed by atoms with E-state index >= 15 is 0 Å². The summed E-state index contributed by atoms with van der Waals surface area (Å²) >= 11 is 0. The van der Waals surface area contributed by atoms with Crippen molar-refractivity contribution in [2.45, 2.75) is 51.7 Å². The van der Waals surface area contributed by atoms with Crippen molar-refractivity contribution in [3.8, 4) is 0 Å². The van der Waals surface area contributed by atoms with Gasteiger partial charge in [-0.3, -0.25) is 9.59 Å². The molecule has 0 unspecified atom stereocenters. The summed E-state index contributed by atoms with van der Waals surface area (Å²) < 4.78 is 59.0. The lowest BCUT2D eigenvalue weighted by molar-refractivity contribution is -0.138. The Morgan fingerprint density at radius 1 is 1.11 bits per heavy atom. The molecule has 0 radical (unpaired) electrons. The predicted molar refractivity (Wildman–Crippen MR) is 124 cm³/mol. The van der Waals surface area contributed by atoms with Crippen LogP contribution in [0.25, 0.3) is 0 Å². The van der Waals surface area contributed by atoms with Gasteiger partial charge in [0.15, 0.2) is 0 Å². The molecule has 0 spiro atoms. The summed E-state index contributed by atoms with van der Waals surface area (Å²) in [4.78, 5) is 33.9. The summed E-state index contributed by atoms with van der Waals surface area (Å²) in [6.07, 6.45) is -2.89. The van der Waals surface area contributed by atoms with E-state index in [2.05, 4.69) is 20.6 Å². The van der Waals surface area contributed by atoms with Crippen LogP contribution in [0.5, 0.6) is 0 Å². The number of nitrogens with one attached hydrogen (secondary N) is 2. The van der Waals surface area contributed by atoms with E-state index in [0.29, 0.717) is 43.2 Å². The van der Waals surface area contributed by atoms with Crippen LogP contribution in [0, 0.1) is 5.82 Å². The number of amides is 2. The summed E-state index contributed by atoms with van der Waals surface area (Å²) in [5, 5.41) is 5.61. The van der Waals surface area contributed by atoms with Crippen molar-refractivity contribution in [2.24, 2.45) is 0 Å². The molecule has 2 aromatic heterocycles. The molecule has 0 bridgehead atoms. The highest BCUT2D eigenvalue weighted by Crippen LogP contribution is 2.29. The summed E-state index contributed by atoms with van der Waals surface area (Å²) in [6, 6.07) is 6.07. The lowest BCUT2D eigenvalue weighted by Crippen LogP contribution is -2.31. The minimum absolute atomic E-state index is 0.0410. The van der Waals surface area contributed by atoms with Gasteiger partial charge in [-0.2, -0.15) is 13.2 Å². The summed E-state index contributed by atoms with van der Waals surface area (Å²) in [7, 11) is 0. The van der Waals surface area contributed by atoms with Gasteiger partial charge in [-0.1, -0.05) is 19.1 Å². The van der Waals surface area contributed by atoms with Crippen molar-refractivity contribution in [1.29, 1.82) is 0 Å². The summed E-state index contributed by atoms with van der Waals surface area (Å²) in [5.74, 6) is -1.29. The lowest BCUT2D eigenvalue weighted by Gasteiger charge is -2.21. The number of benzene rings is 1. The van der Waals surface area contributed by atoms with E-state index in [1.165, 1.54) is 18.2 Å². The topological polar surface area (TPSA) is 98.1 Å². The molecule has 0 fully saturated rings. The molecule has 0 aliphatic carbocycles. The van der Waals surface area contributed by atoms with Gasteiger partial charge in [0.25, 0.3) is 11.8 Å². The van der Waals surface area contributed by atoms with E-state index in [0.717, 1.165) is 0 Å². The van der Waals surface area contributed by atoms with Crippen LogP contribution >= 0.6 is 0 Å². The average Bonchev–Trinajstić information content (AvgIpc) is 3.27. The summed E-state index contributed by atoms with van der Waals surface area (Å²) in [5.41, 5.74) is 0.706. The standard InChI is InChI=1S/C25H25F4N5O3/c1-3-19(22-30-11-16(12-31-22)25(27,28)29)33-23(35)18-10-20(34-8-9-37-13-21(18)34)24(36)32-14(2)15-4-6-17(26)7-5-15/h4-7,10-12,14,19H,3,8-9,13H2,1-2H3,(H,32,36)(H,33,35)/t14-,19-/m1/s1. The van der Waals surface area contributed by atoms with Crippen molar-refractivity contribution < 1.29 is 31.9 Å². The molecule has 1 aliphatic rings. The van der Waals surface area contributed by atoms with Crippen LogP contribution in [0.4, 0.5) is 17.6 Å². The smallest absolute Gasteiger partial charge is 0.373 e. The Balaban J connectivity index is 1.54. The van der Waals surface area contributed by atoms with Gasteiger partial charge in [-0.15, -0.1) is 0 Å². The Kier molecular flexibility index (Phi) is 7.58. The fourth-order valence-corrected chi connectivity index (χ4v) is 4.06. The number of hydrogen-bond acceptors (Lipinski definition) is 5. The zero-order valence-corrected chi connectivity index (χ0v) is 20.1. The van der Waals surface area contributed by atoms with Gasteiger partial charge in [0.2, 0.25) is 0 Å². The van der Waals surface area contributed by atoms with E-state index in [1.807, 2.05) is 0 Å². The van der Waals surface area contributed by atoms with Crippen molar-refractivity contribution in [2.75, 3.05) is 6.61 Å². The minimum Gasteiger partial charge on any atom is -0.373 e. The maximum atomic E-state index is 13.2. The number of carbonyl (C=O) groups is 2. The van der Waals surface area contributed by atoms with E-state index in [1.54, 1.807) is 30.5 Å². The van der Waals surface area contributed by atoms with Crippen LogP contribution in [0.15, 0.2) is 42.7 Å². The Labute approximate surface area is 210 Å².